The second-order valence-corrected chi connectivity index (χ2v) is 7.73. The van der Waals surface area contributed by atoms with Crippen LogP contribution in [0.15, 0.2) is 27.5 Å². The summed E-state index contributed by atoms with van der Waals surface area (Å²) in [5.74, 6) is 0.841. The molecule has 2 heterocycles. The average Bonchev–Trinajstić information content (AvgIpc) is 2.66. The number of fused-ring (bicyclic) bond motifs is 1. The highest BCUT2D eigenvalue weighted by Crippen LogP contribution is 2.27. The number of piperazine rings is 1. The lowest BCUT2D eigenvalue weighted by Gasteiger charge is -2.38. The molecule has 0 saturated carbocycles. The molecule has 0 radical (unpaired) electrons. The molecule has 2 atom stereocenters. The number of aliphatic hydroxyl groups is 1. The minimum Gasteiger partial charge on any atom is -0.395 e. The van der Waals surface area contributed by atoms with E-state index in [0.717, 1.165) is 48.3 Å². The molecule has 0 amide bonds. The Morgan fingerprint density at radius 2 is 2.23 bits per heavy atom. The Morgan fingerprint density at radius 1 is 1.42 bits per heavy atom. The van der Waals surface area contributed by atoms with Gasteiger partial charge in [0.1, 0.15) is 5.82 Å². The maximum absolute atomic E-state index is 13.1. The molecule has 2 N–H and O–H groups in total. The standard InChI is InChI=1S/C19H27BrN4O2/c1-3-5-17(23-9-8-21-14(11-23)12-25)18-22-16-7-6-13(20)10-15(16)19(26)24(18)4-2/h6-7,10,14,17,21,25H,3-5,8-9,11-12H2,1-2H3/t14-,17+/m0/s1. The van der Waals surface area contributed by atoms with E-state index >= 15 is 0 Å². The highest BCUT2D eigenvalue weighted by Gasteiger charge is 2.29. The van der Waals surface area contributed by atoms with Crippen LogP contribution in [0.4, 0.5) is 0 Å². The number of hydrogen-bond donors (Lipinski definition) is 2. The van der Waals surface area contributed by atoms with Crippen LogP contribution in [0.25, 0.3) is 10.9 Å². The molecule has 1 aromatic heterocycles. The van der Waals surface area contributed by atoms with Crippen molar-refractivity contribution < 1.29 is 5.11 Å². The Morgan fingerprint density at radius 3 is 2.92 bits per heavy atom. The van der Waals surface area contributed by atoms with E-state index in [4.69, 9.17) is 4.98 Å². The SMILES string of the molecule is CCC[C@H](c1nc2ccc(Br)cc2c(=O)n1CC)N1CCN[C@H](CO)C1. The largest absolute Gasteiger partial charge is 0.395 e. The van der Waals surface area contributed by atoms with Crippen LogP contribution in [-0.4, -0.2) is 51.8 Å². The molecule has 1 aliphatic heterocycles. The van der Waals surface area contributed by atoms with Crippen molar-refractivity contribution in [3.63, 3.8) is 0 Å². The van der Waals surface area contributed by atoms with Gasteiger partial charge in [-0.3, -0.25) is 14.3 Å². The van der Waals surface area contributed by atoms with Crippen LogP contribution in [0, 0.1) is 0 Å². The van der Waals surface area contributed by atoms with Crippen LogP contribution in [0.1, 0.15) is 38.6 Å². The lowest BCUT2D eigenvalue weighted by molar-refractivity contribution is 0.101. The molecule has 1 fully saturated rings. The first-order valence-corrected chi connectivity index (χ1v) is 10.2. The molecular weight excluding hydrogens is 396 g/mol. The molecule has 2 aromatic rings. The van der Waals surface area contributed by atoms with Crippen LogP contribution in [-0.2, 0) is 6.54 Å². The van der Waals surface area contributed by atoms with Crippen molar-refractivity contribution >= 4 is 26.8 Å². The zero-order valence-electron chi connectivity index (χ0n) is 15.4. The van der Waals surface area contributed by atoms with Crippen molar-refractivity contribution in [2.45, 2.75) is 45.3 Å². The molecule has 0 bridgehead atoms. The third-order valence-corrected chi connectivity index (χ3v) is 5.56. The minimum absolute atomic E-state index is 0.0174. The zero-order valence-corrected chi connectivity index (χ0v) is 17.0. The Balaban J connectivity index is 2.10. The summed E-state index contributed by atoms with van der Waals surface area (Å²) < 4.78 is 2.70. The van der Waals surface area contributed by atoms with E-state index in [-0.39, 0.29) is 24.2 Å². The smallest absolute Gasteiger partial charge is 0.261 e. The van der Waals surface area contributed by atoms with E-state index in [0.29, 0.717) is 11.9 Å². The van der Waals surface area contributed by atoms with Crippen LogP contribution in [0.2, 0.25) is 0 Å². The number of rotatable bonds is 6. The monoisotopic (exact) mass is 422 g/mol. The number of nitrogens with one attached hydrogen (secondary N) is 1. The molecule has 1 aliphatic rings. The average molecular weight is 423 g/mol. The highest BCUT2D eigenvalue weighted by atomic mass is 79.9. The van der Waals surface area contributed by atoms with Gasteiger partial charge >= 0.3 is 0 Å². The molecule has 1 saturated heterocycles. The van der Waals surface area contributed by atoms with E-state index in [2.05, 4.69) is 33.1 Å². The Bertz CT molecular complexity index is 823. The summed E-state index contributed by atoms with van der Waals surface area (Å²) in [5.41, 5.74) is 0.761. The predicted octanol–water partition coefficient (Wildman–Crippen LogP) is 2.29. The third-order valence-electron chi connectivity index (χ3n) is 5.07. The second-order valence-electron chi connectivity index (χ2n) is 6.81. The molecule has 6 nitrogen and oxygen atoms in total. The summed E-state index contributed by atoms with van der Waals surface area (Å²) in [6.07, 6.45) is 1.95. The lowest BCUT2D eigenvalue weighted by atomic mass is 10.1. The summed E-state index contributed by atoms with van der Waals surface area (Å²) in [7, 11) is 0. The number of halogens is 1. The number of aliphatic hydroxyl groups excluding tert-OH is 1. The predicted molar refractivity (Wildman–Crippen MR) is 107 cm³/mol. The van der Waals surface area contributed by atoms with Crippen LogP contribution >= 0.6 is 15.9 Å². The Hall–Kier alpha value is -1.28. The summed E-state index contributed by atoms with van der Waals surface area (Å²) in [5, 5.41) is 13.5. The molecule has 142 valence electrons. The van der Waals surface area contributed by atoms with E-state index in [1.807, 2.05) is 29.7 Å². The fraction of sp³-hybridized carbons (Fsp3) is 0.579. The highest BCUT2D eigenvalue weighted by molar-refractivity contribution is 9.10. The number of benzene rings is 1. The number of aromatic nitrogens is 2. The van der Waals surface area contributed by atoms with Gasteiger partial charge in [-0.25, -0.2) is 4.98 Å². The molecule has 0 aliphatic carbocycles. The van der Waals surface area contributed by atoms with Gasteiger partial charge in [0.2, 0.25) is 0 Å². The quantitative estimate of drug-likeness (QED) is 0.746. The van der Waals surface area contributed by atoms with E-state index in [9.17, 15) is 9.90 Å². The number of nitrogens with zero attached hydrogens (tertiary/aromatic N) is 3. The fourth-order valence-corrected chi connectivity index (χ4v) is 4.14. The Kier molecular flexibility index (Phi) is 6.45. The fourth-order valence-electron chi connectivity index (χ4n) is 3.78. The van der Waals surface area contributed by atoms with Crippen LogP contribution in [0.3, 0.4) is 0 Å². The van der Waals surface area contributed by atoms with Gasteiger partial charge < -0.3 is 10.4 Å². The maximum Gasteiger partial charge on any atom is 0.261 e. The maximum atomic E-state index is 13.1. The van der Waals surface area contributed by atoms with Crippen molar-refractivity contribution in [1.82, 2.24) is 19.8 Å². The molecule has 0 unspecified atom stereocenters. The summed E-state index contributed by atoms with van der Waals surface area (Å²) in [6.45, 7) is 7.36. The molecule has 1 aromatic carbocycles. The molecule has 0 spiro atoms. The number of hydrogen-bond acceptors (Lipinski definition) is 5. The second kappa shape index (κ2) is 8.61. The van der Waals surface area contributed by atoms with Crippen LogP contribution in [0.5, 0.6) is 0 Å². The van der Waals surface area contributed by atoms with E-state index in [1.54, 1.807) is 0 Å². The first-order valence-electron chi connectivity index (χ1n) is 9.37. The van der Waals surface area contributed by atoms with Gasteiger partial charge in [0, 0.05) is 36.7 Å². The first kappa shape index (κ1) is 19.5. The van der Waals surface area contributed by atoms with Gasteiger partial charge in [-0.1, -0.05) is 29.3 Å². The van der Waals surface area contributed by atoms with Gasteiger partial charge in [-0.05, 0) is 31.5 Å². The molecule has 3 rings (SSSR count). The lowest BCUT2D eigenvalue weighted by Crippen LogP contribution is -2.53. The van der Waals surface area contributed by atoms with Gasteiger partial charge in [-0.15, -0.1) is 0 Å². The normalized spacial score (nSPS) is 19.8. The first-order chi connectivity index (χ1) is 12.6. The van der Waals surface area contributed by atoms with E-state index in [1.165, 1.54) is 0 Å². The van der Waals surface area contributed by atoms with Crippen molar-refractivity contribution in [1.29, 1.82) is 0 Å². The van der Waals surface area contributed by atoms with Gasteiger partial charge in [-0.2, -0.15) is 0 Å². The van der Waals surface area contributed by atoms with Crippen molar-refractivity contribution in [3.05, 3.63) is 38.9 Å². The molecule has 7 heteroatoms. The zero-order chi connectivity index (χ0) is 18.7. The summed E-state index contributed by atoms with van der Waals surface area (Å²) >= 11 is 3.45. The third kappa shape index (κ3) is 3.86. The molecule has 26 heavy (non-hydrogen) atoms. The van der Waals surface area contributed by atoms with Crippen LogP contribution < -0.4 is 10.9 Å². The summed E-state index contributed by atoms with van der Waals surface area (Å²) in [4.78, 5) is 20.3. The van der Waals surface area contributed by atoms with E-state index < -0.39 is 0 Å². The minimum atomic E-state index is 0.0174. The van der Waals surface area contributed by atoms with Crippen molar-refractivity contribution in [2.75, 3.05) is 26.2 Å². The summed E-state index contributed by atoms with van der Waals surface area (Å²) in [6, 6.07) is 5.83. The molecular formula is C19H27BrN4O2. The van der Waals surface area contributed by atoms with Crippen molar-refractivity contribution in [3.8, 4) is 0 Å². The van der Waals surface area contributed by atoms with Crippen molar-refractivity contribution in [2.24, 2.45) is 0 Å². The van der Waals surface area contributed by atoms with Gasteiger partial charge in [0.05, 0.1) is 23.6 Å². The topological polar surface area (TPSA) is 70.4 Å². The Labute approximate surface area is 162 Å². The van der Waals surface area contributed by atoms with Gasteiger partial charge in [0.25, 0.3) is 5.56 Å². The van der Waals surface area contributed by atoms with Gasteiger partial charge in [0.15, 0.2) is 0 Å².